The van der Waals surface area contributed by atoms with Gasteiger partial charge in [0.2, 0.25) is 0 Å². The molecule has 0 saturated heterocycles. The monoisotopic (exact) mass is 612 g/mol. The van der Waals surface area contributed by atoms with Crippen LogP contribution in [0, 0.1) is 0 Å². The predicted molar refractivity (Wildman–Crippen MR) is 162 cm³/mol. The van der Waals surface area contributed by atoms with Crippen molar-refractivity contribution in [3.05, 3.63) is 90.5 Å². The number of carbonyl (C=O) groups excluding carboxylic acids is 2. The van der Waals surface area contributed by atoms with Crippen molar-refractivity contribution >= 4 is 23.6 Å². The van der Waals surface area contributed by atoms with Gasteiger partial charge in [-0.3, -0.25) is 5.32 Å². The second-order valence-electron chi connectivity index (χ2n) is 10.5. The molecule has 2 atom stereocenters. The minimum atomic E-state index is -2.18. The van der Waals surface area contributed by atoms with E-state index in [2.05, 4.69) is 10.6 Å². The van der Waals surface area contributed by atoms with Crippen LogP contribution in [0.25, 0.3) is 0 Å². The largest absolute Gasteiger partial charge is 0.514 e. The van der Waals surface area contributed by atoms with Gasteiger partial charge in [-0.2, -0.15) is 0 Å². The highest BCUT2D eigenvalue weighted by atomic mass is 16.8. The summed E-state index contributed by atoms with van der Waals surface area (Å²) in [6.07, 6.45) is -4.36. The van der Waals surface area contributed by atoms with Gasteiger partial charge >= 0.3 is 18.3 Å². The van der Waals surface area contributed by atoms with Crippen molar-refractivity contribution in [2.45, 2.75) is 51.6 Å². The Balaban J connectivity index is 1.42. The molecular formula is C32H40N2O10. The third-order valence-electron chi connectivity index (χ3n) is 5.51. The van der Waals surface area contributed by atoms with Crippen molar-refractivity contribution in [1.82, 2.24) is 0 Å². The van der Waals surface area contributed by atoms with Crippen molar-refractivity contribution < 1.29 is 48.2 Å². The zero-order chi connectivity index (χ0) is 31.8. The van der Waals surface area contributed by atoms with E-state index in [1.165, 1.54) is 6.07 Å². The van der Waals surface area contributed by atoms with Gasteiger partial charge in [0.25, 0.3) is 0 Å². The maximum Gasteiger partial charge on any atom is 0.514 e. The lowest BCUT2D eigenvalue weighted by molar-refractivity contribution is -0.342. The number of anilines is 2. The van der Waals surface area contributed by atoms with Crippen LogP contribution in [0.2, 0.25) is 0 Å². The Morgan fingerprint density at radius 1 is 0.795 bits per heavy atom. The fourth-order valence-corrected chi connectivity index (χ4v) is 3.59. The van der Waals surface area contributed by atoms with Crippen LogP contribution in [0.3, 0.4) is 0 Å². The molecule has 0 spiro atoms. The van der Waals surface area contributed by atoms with E-state index in [-0.39, 0.29) is 45.0 Å². The minimum Gasteiger partial charge on any atom is -0.449 e. The Hall–Kier alpha value is -4.20. The first kappa shape index (κ1) is 34.3. The summed E-state index contributed by atoms with van der Waals surface area (Å²) < 4.78 is 32.1. The Bertz CT molecular complexity index is 1290. The lowest BCUT2D eigenvalue weighted by Gasteiger charge is -2.29. The van der Waals surface area contributed by atoms with Crippen molar-refractivity contribution in [2.24, 2.45) is 0 Å². The second kappa shape index (κ2) is 17.2. The molecule has 12 heteroatoms. The summed E-state index contributed by atoms with van der Waals surface area (Å²) in [6.45, 7) is 5.30. The van der Waals surface area contributed by atoms with E-state index in [0.29, 0.717) is 16.9 Å². The Labute approximate surface area is 256 Å². The molecule has 0 aliphatic carbocycles. The molecule has 0 radical (unpaired) electrons. The summed E-state index contributed by atoms with van der Waals surface area (Å²) in [7, 11) is 0. The summed E-state index contributed by atoms with van der Waals surface area (Å²) in [5, 5.41) is 26.9. The van der Waals surface area contributed by atoms with Crippen LogP contribution in [-0.2, 0) is 23.7 Å². The normalized spacial score (nSPS) is 13.3. The first-order valence-corrected chi connectivity index (χ1v) is 14.1. The van der Waals surface area contributed by atoms with Crippen LogP contribution in [0.4, 0.5) is 21.0 Å². The number of hydrogen-bond donors (Lipinski definition) is 4. The Kier molecular flexibility index (Phi) is 13.4. The molecule has 0 heterocycles. The molecular weight excluding hydrogens is 572 g/mol. The van der Waals surface area contributed by atoms with E-state index in [9.17, 15) is 19.8 Å². The average molecular weight is 613 g/mol. The van der Waals surface area contributed by atoms with Crippen molar-refractivity contribution in [3.63, 3.8) is 0 Å². The molecule has 12 nitrogen and oxygen atoms in total. The number of rotatable bonds is 16. The highest BCUT2D eigenvalue weighted by Crippen LogP contribution is 2.22. The van der Waals surface area contributed by atoms with Gasteiger partial charge in [0.05, 0.1) is 26.4 Å². The van der Waals surface area contributed by atoms with Crippen LogP contribution in [0.1, 0.15) is 45.5 Å². The molecule has 0 fully saturated rings. The first-order valence-electron chi connectivity index (χ1n) is 14.1. The predicted octanol–water partition coefficient (Wildman–Crippen LogP) is 5.79. The Morgan fingerprint density at radius 2 is 1.41 bits per heavy atom. The smallest absolute Gasteiger partial charge is 0.449 e. The fourth-order valence-electron chi connectivity index (χ4n) is 3.59. The molecule has 0 aromatic heterocycles. The summed E-state index contributed by atoms with van der Waals surface area (Å²) in [5.41, 5.74) is 0.828. The van der Waals surface area contributed by atoms with E-state index in [0.717, 1.165) is 0 Å². The number of carbonyl (C=O) groups is 2. The Morgan fingerprint density at radius 3 is 2.05 bits per heavy atom. The maximum atomic E-state index is 11.9. The number of benzene rings is 3. The van der Waals surface area contributed by atoms with Gasteiger partial charge < -0.3 is 44.0 Å². The van der Waals surface area contributed by atoms with Crippen LogP contribution in [0.5, 0.6) is 5.75 Å². The van der Waals surface area contributed by atoms with Gasteiger partial charge in [0.15, 0.2) is 6.29 Å². The van der Waals surface area contributed by atoms with E-state index in [1.807, 2.05) is 12.1 Å². The number of amides is 1. The second-order valence-corrected chi connectivity index (χ2v) is 10.5. The topological polar surface area (TPSA) is 154 Å². The molecule has 4 N–H and O–H groups in total. The molecule has 3 rings (SSSR count). The number of nitrogens with one attached hydrogen (secondary N) is 2. The van der Waals surface area contributed by atoms with E-state index < -0.39 is 30.2 Å². The summed E-state index contributed by atoms with van der Waals surface area (Å²) >= 11 is 0. The van der Waals surface area contributed by atoms with E-state index in [1.54, 1.807) is 87.5 Å². The molecule has 0 saturated carbocycles. The fraction of sp³-hybridized carbons (Fsp3) is 0.375. The van der Waals surface area contributed by atoms with Crippen LogP contribution < -0.4 is 15.4 Å². The standard InChI is InChI=1S/C32H40N2O10/c1-31(2,3)44-30(37)43-27-18-10-13-24(23-27)28(35)39-19-11-21-41-32(38,34-26-16-8-5-9-17-26)42-22-12-20-40-29(36)33-25-14-6-4-7-15-25/h4-10,13-18,23,28,34-35,38H,11-12,19-22H2,1-3H3,(H,33,36). The number of aliphatic hydroxyl groups excluding tert-OH is 1. The minimum absolute atomic E-state index is 0.000823. The molecule has 2 unspecified atom stereocenters. The number of aliphatic hydroxyl groups is 2. The van der Waals surface area contributed by atoms with Gasteiger partial charge in [-0.1, -0.05) is 48.5 Å². The summed E-state index contributed by atoms with van der Waals surface area (Å²) in [5.74, 6) is 0.194. The molecule has 3 aromatic carbocycles. The van der Waals surface area contributed by atoms with Crippen LogP contribution >= 0.6 is 0 Å². The van der Waals surface area contributed by atoms with E-state index in [4.69, 9.17) is 28.4 Å². The lowest BCUT2D eigenvalue weighted by atomic mass is 10.2. The number of ether oxygens (including phenoxy) is 6. The third-order valence-corrected chi connectivity index (χ3v) is 5.51. The third kappa shape index (κ3) is 13.4. The molecule has 238 valence electrons. The summed E-state index contributed by atoms with van der Waals surface area (Å²) in [4.78, 5) is 23.9. The average Bonchev–Trinajstić information content (AvgIpc) is 2.97. The molecule has 3 aromatic rings. The molecule has 0 aliphatic heterocycles. The quantitative estimate of drug-likeness (QED) is 0.0673. The van der Waals surface area contributed by atoms with Gasteiger partial charge in [-0.25, -0.2) is 9.59 Å². The van der Waals surface area contributed by atoms with Crippen molar-refractivity contribution in [3.8, 4) is 5.75 Å². The summed E-state index contributed by atoms with van der Waals surface area (Å²) in [6, 6.07) is 24.0. The SMILES string of the molecule is CC(C)(C)OC(=O)Oc1cccc(C(O)OCCCOC(O)(Nc2ccccc2)OCCCOC(=O)Nc2ccccc2)c1. The van der Waals surface area contributed by atoms with Gasteiger partial charge in [0, 0.05) is 23.4 Å². The first-order chi connectivity index (χ1) is 21.0. The number of para-hydroxylation sites is 2. The van der Waals surface area contributed by atoms with Crippen LogP contribution in [-0.4, -0.2) is 60.6 Å². The van der Waals surface area contributed by atoms with E-state index >= 15 is 0 Å². The zero-order valence-electron chi connectivity index (χ0n) is 25.1. The van der Waals surface area contributed by atoms with Crippen molar-refractivity contribution in [2.75, 3.05) is 37.1 Å². The highest BCUT2D eigenvalue weighted by Gasteiger charge is 2.29. The van der Waals surface area contributed by atoms with Crippen LogP contribution in [0.15, 0.2) is 84.9 Å². The van der Waals surface area contributed by atoms with Crippen molar-refractivity contribution in [1.29, 1.82) is 0 Å². The molecule has 1 amide bonds. The molecule has 0 bridgehead atoms. The zero-order valence-corrected chi connectivity index (χ0v) is 25.1. The number of hydrogen-bond acceptors (Lipinski definition) is 11. The van der Waals surface area contributed by atoms with Gasteiger partial charge in [-0.05, 0) is 63.6 Å². The van der Waals surface area contributed by atoms with Gasteiger partial charge in [-0.15, -0.1) is 0 Å². The maximum absolute atomic E-state index is 11.9. The molecule has 44 heavy (non-hydrogen) atoms. The molecule has 0 aliphatic rings. The van der Waals surface area contributed by atoms with Gasteiger partial charge in [0.1, 0.15) is 11.4 Å². The highest BCUT2D eigenvalue weighted by molar-refractivity contribution is 5.84. The lowest BCUT2D eigenvalue weighted by Crippen LogP contribution is -2.44.